The van der Waals surface area contributed by atoms with Gasteiger partial charge in [-0.05, 0) is 6.07 Å². The van der Waals surface area contributed by atoms with E-state index >= 15 is 0 Å². The lowest BCUT2D eigenvalue weighted by atomic mass is 10.1. The van der Waals surface area contributed by atoms with Crippen molar-refractivity contribution in [3.05, 3.63) is 29.5 Å². The van der Waals surface area contributed by atoms with Crippen LogP contribution in [-0.2, 0) is 6.18 Å². The van der Waals surface area contributed by atoms with E-state index in [1.54, 1.807) is 0 Å². The fourth-order valence-corrected chi connectivity index (χ4v) is 1.56. The first kappa shape index (κ1) is 11.5. The number of alkyl halides is 3. The molecular formula is C11H7F3O3. The highest BCUT2D eigenvalue weighted by atomic mass is 19.4. The number of halogens is 3. The molecule has 2 rings (SSSR count). The summed E-state index contributed by atoms with van der Waals surface area (Å²) >= 11 is 0. The molecule has 3 nitrogen and oxygen atoms in total. The zero-order valence-electron chi connectivity index (χ0n) is 8.67. The SMILES string of the molecule is COc1cc2occ(C(F)(F)F)c2cc1C=O. The minimum Gasteiger partial charge on any atom is -0.496 e. The van der Waals surface area contributed by atoms with Crippen LogP contribution in [0.25, 0.3) is 11.0 Å². The molecule has 1 aromatic carbocycles. The van der Waals surface area contributed by atoms with E-state index in [2.05, 4.69) is 0 Å². The molecule has 0 atom stereocenters. The molecule has 0 saturated heterocycles. The van der Waals surface area contributed by atoms with Crippen molar-refractivity contribution in [3.63, 3.8) is 0 Å². The number of furan rings is 1. The third-order valence-electron chi connectivity index (χ3n) is 2.36. The predicted octanol–water partition coefficient (Wildman–Crippen LogP) is 3.27. The Balaban J connectivity index is 2.74. The van der Waals surface area contributed by atoms with E-state index in [1.165, 1.54) is 13.2 Å². The molecule has 6 heteroatoms. The molecule has 0 unspecified atom stereocenters. The van der Waals surface area contributed by atoms with Gasteiger partial charge in [-0.3, -0.25) is 4.79 Å². The third-order valence-corrected chi connectivity index (χ3v) is 2.36. The minimum absolute atomic E-state index is 0.0276. The van der Waals surface area contributed by atoms with Crippen molar-refractivity contribution in [2.24, 2.45) is 0 Å². The fourth-order valence-electron chi connectivity index (χ4n) is 1.56. The normalized spacial score (nSPS) is 11.8. The average Bonchev–Trinajstić information content (AvgIpc) is 2.69. The summed E-state index contributed by atoms with van der Waals surface area (Å²) in [7, 11) is 1.32. The van der Waals surface area contributed by atoms with Gasteiger partial charge in [0.25, 0.3) is 0 Å². The molecule has 2 aromatic rings. The quantitative estimate of drug-likeness (QED) is 0.761. The smallest absolute Gasteiger partial charge is 0.420 e. The number of benzene rings is 1. The summed E-state index contributed by atoms with van der Waals surface area (Å²) in [5.74, 6) is 0.176. The largest absolute Gasteiger partial charge is 0.496 e. The van der Waals surface area contributed by atoms with Crippen LogP contribution in [-0.4, -0.2) is 13.4 Å². The molecule has 0 amide bonds. The van der Waals surface area contributed by atoms with Gasteiger partial charge in [-0.2, -0.15) is 13.2 Å². The predicted molar refractivity (Wildman–Crippen MR) is 53.2 cm³/mol. The molecule has 0 aliphatic rings. The average molecular weight is 244 g/mol. The van der Waals surface area contributed by atoms with Crippen LogP contribution in [0.5, 0.6) is 5.75 Å². The van der Waals surface area contributed by atoms with Crippen LogP contribution in [0.2, 0.25) is 0 Å². The highest BCUT2D eigenvalue weighted by Gasteiger charge is 2.35. The lowest BCUT2D eigenvalue weighted by Crippen LogP contribution is -2.03. The van der Waals surface area contributed by atoms with Gasteiger partial charge in [0.2, 0.25) is 0 Å². The van der Waals surface area contributed by atoms with Gasteiger partial charge in [0, 0.05) is 11.5 Å². The van der Waals surface area contributed by atoms with E-state index in [9.17, 15) is 18.0 Å². The Morgan fingerprint density at radius 2 is 2.06 bits per heavy atom. The van der Waals surface area contributed by atoms with E-state index in [0.717, 1.165) is 6.07 Å². The number of hydrogen-bond acceptors (Lipinski definition) is 3. The number of carbonyl (C=O) groups excluding carboxylic acids is 1. The molecule has 0 fully saturated rings. The molecule has 1 aromatic heterocycles. The molecule has 0 aliphatic heterocycles. The van der Waals surface area contributed by atoms with E-state index < -0.39 is 11.7 Å². The summed E-state index contributed by atoms with van der Waals surface area (Å²) in [4.78, 5) is 10.7. The molecule has 0 aliphatic carbocycles. The van der Waals surface area contributed by atoms with Crippen LogP contribution in [0.15, 0.2) is 22.8 Å². The molecule has 1 heterocycles. The molecule has 0 N–H and O–H groups in total. The van der Waals surface area contributed by atoms with Gasteiger partial charge in [0.1, 0.15) is 23.2 Å². The van der Waals surface area contributed by atoms with E-state index in [1.807, 2.05) is 0 Å². The molecule has 0 bridgehead atoms. The molecule has 17 heavy (non-hydrogen) atoms. The van der Waals surface area contributed by atoms with Crippen LogP contribution in [0.3, 0.4) is 0 Å². The molecule has 90 valence electrons. The summed E-state index contributed by atoms with van der Waals surface area (Å²) in [5, 5.41) is -0.152. The third kappa shape index (κ3) is 1.86. The Morgan fingerprint density at radius 3 is 2.59 bits per heavy atom. The van der Waals surface area contributed by atoms with Crippen LogP contribution >= 0.6 is 0 Å². The number of fused-ring (bicyclic) bond motifs is 1. The first-order valence-corrected chi connectivity index (χ1v) is 4.59. The molecule has 0 spiro atoms. The number of ether oxygens (including phenoxy) is 1. The highest BCUT2D eigenvalue weighted by molar-refractivity contribution is 5.91. The highest BCUT2D eigenvalue weighted by Crippen LogP contribution is 2.38. The van der Waals surface area contributed by atoms with Crippen LogP contribution in [0, 0.1) is 0 Å². The second kappa shape index (κ2) is 3.80. The lowest BCUT2D eigenvalue weighted by Gasteiger charge is -2.05. The second-order valence-electron chi connectivity index (χ2n) is 3.36. The van der Waals surface area contributed by atoms with Gasteiger partial charge in [-0.25, -0.2) is 0 Å². The van der Waals surface area contributed by atoms with Gasteiger partial charge in [-0.1, -0.05) is 0 Å². The van der Waals surface area contributed by atoms with Gasteiger partial charge in [0.15, 0.2) is 6.29 Å². The van der Waals surface area contributed by atoms with Crippen molar-refractivity contribution in [1.82, 2.24) is 0 Å². The number of methoxy groups -OCH3 is 1. The zero-order chi connectivity index (χ0) is 12.6. The second-order valence-corrected chi connectivity index (χ2v) is 3.36. The number of hydrogen-bond donors (Lipinski definition) is 0. The Labute approximate surface area is 93.8 Å². The monoisotopic (exact) mass is 244 g/mol. The maximum atomic E-state index is 12.6. The van der Waals surface area contributed by atoms with Crippen LogP contribution < -0.4 is 4.74 Å². The van der Waals surface area contributed by atoms with E-state index in [0.29, 0.717) is 12.5 Å². The number of rotatable bonds is 2. The maximum Gasteiger partial charge on any atom is 0.420 e. The summed E-state index contributed by atoms with van der Waals surface area (Å²) in [6.45, 7) is 0. The first-order chi connectivity index (χ1) is 7.97. The van der Waals surface area contributed by atoms with Gasteiger partial charge < -0.3 is 9.15 Å². The van der Waals surface area contributed by atoms with Gasteiger partial charge >= 0.3 is 6.18 Å². The first-order valence-electron chi connectivity index (χ1n) is 4.59. The standard InChI is InChI=1S/C11H7F3O3/c1-16-9-3-10-7(2-6(9)4-15)8(5-17-10)11(12,13)14/h2-5H,1H3. The minimum atomic E-state index is -4.51. The van der Waals surface area contributed by atoms with Crippen molar-refractivity contribution in [1.29, 1.82) is 0 Å². The van der Waals surface area contributed by atoms with Crippen LogP contribution in [0.4, 0.5) is 13.2 Å². The maximum absolute atomic E-state index is 12.6. The van der Waals surface area contributed by atoms with Gasteiger partial charge in [0.05, 0.1) is 12.7 Å². The van der Waals surface area contributed by atoms with Crippen LogP contribution in [0.1, 0.15) is 15.9 Å². The Hall–Kier alpha value is -1.98. The van der Waals surface area contributed by atoms with Gasteiger partial charge in [-0.15, -0.1) is 0 Å². The Kier molecular flexibility index (Phi) is 2.57. The number of carbonyl (C=O) groups is 1. The topological polar surface area (TPSA) is 39.4 Å². The van der Waals surface area contributed by atoms with Crippen molar-refractivity contribution in [2.75, 3.05) is 7.11 Å². The Bertz CT molecular complexity index is 569. The summed E-state index contributed by atoms with van der Waals surface area (Å²) < 4.78 is 47.4. The molecular weight excluding hydrogens is 237 g/mol. The van der Waals surface area contributed by atoms with Crippen molar-refractivity contribution in [2.45, 2.75) is 6.18 Å². The van der Waals surface area contributed by atoms with Crippen molar-refractivity contribution >= 4 is 17.3 Å². The summed E-state index contributed by atoms with van der Waals surface area (Å²) in [6, 6.07) is 2.36. The Morgan fingerprint density at radius 1 is 1.35 bits per heavy atom. The number of aldehydes is 1. The molecule has 0 radical (unpaired) electrons. The van der Waals surface area contributed by atoms with Crippen molar-refractivity contribution < 1.29 is 27.1 Å². The van der Waals surface area contributed by atoms with E-state index in [4.69, 9.17) is 9.15 Å². The molecule has 0 saturated carbocycles. The van der Waals surface area contributed by atoms with E-state index in [-0.39, 0.29) is 22.3 Å². The summed E-state index contributed by atoms with van der Waals surface area (Å²) in [5.41, 5.74) is -0.829. The van der Waals surface area contributed by atoms with Crippen molar-refractivity contribution in [3.8, 4) is 5.75 Å². The lowest BCUT2D eigenvalue weighted by molar-refractivity contribution is -0.136. The summed E-state index contributed by atoms with van der Waals surface area (Å²) in [6.07, 6.45) is -3.45. The fraction of sp³-hybridized carbons (Fsp3) is 0.182. The zero-order valence-corrected chi connectivity index (χ0v) is 8.67.